The number of anilines is 1. The van der Waals surface area contributed by atoms with E-state index in [0.29, 0.717) is 12.0 Å². The standard InChI is InChI=1S/C17H25N3OS/c1-17(2,3)11-5-6-12-13(9-11)22-16-14(12)15(18-10-19-16)20(4)7-8-21/h10-11,21H,5-9H2,1-4H3. The first-order valence-corrected chi connectivity index (χ1v) is 8.80. The lowest BCUT2D eigenvalue weighted by Gasteiger charge is -2.33. The average Bonchev–Trinajstić information content (AvgIpc) is 2.84. The third-order valence-electron chi connectivity index (χ3n) is 4.85. The molecule has 2 heterocycles. The molecule has 0 spiro atoms. The van der Waals surface area contributed by atoms with E-state index in [1.165, 1.54) is 22.2 Å². The number of hydrogen-bond donors (Lipinski definition) is 1. The van der Waals surface area contributed by atoms with Crippen LogP contribution in [0.2, 0.25) is 0 Å². The topological polar surface area (TPSA) is 49.2 Å². The molecule has 2 aromatic rings. The van der Waals surface area contributed by atoms with Crippen LogP contribution in [0.5, 0.6) is 0 Å². The van der Waals surface area contributed by atoms with Gasteiger partial charge in [0.05, 0.1) is 12.0 Å². The second-order valence-electron chi connectivity index (χ2n) is 7.33. The van der Waals surface area contributed by atoms with Crippen molar-refractivity contribution in [2.45, 2.75) is 40.0 Å². The molecule has 0 amide bonds. The molecule has 0 radical (unpaired) electrons. The number of fused-ring (bicyclic) bond motifs is 3. The van der Waals surface area contributed by atoms with Gasteiger partial charge in [-0.3, -0.25) is 0 Å². The van der Waals surface area contributed by atoms with Crippen LogP contribution < -0.4 is 4.90 Å². The molecule has 0 fully saturated rings. The quantitative estimate of drug-likeness (QED) is 0.943. The molecule has 2 aromatic heterocycles. The summed E-state index contributed by atoms with van der Waals surface area (Å²) in [6.45, 7) is 7.77. The maximum Gasteiger partial charge on any atom is 0.140 e. The predicted molar refractivity (Wildman–Crippen MR) is 92.7 cm³/mol. The number of nitrogens with zero attached hydrogens (tertiary/aromatic N) is 3. The average molecular weight is 319 g/mol. The van der Waals surface area contributed by atoms with Gasteiger partial charge in [0.25, 0.3) is 0 Å². The molecule has 22 heavy (non-hydrogen) atoms. The Labute approximate surface area is 136 Å². The van der Waals surface area contributed by atoms with Gasteiger partial charge in [-0.05, 0) is 36.2 Å². The van der Waals surface area contributed by atoms with Crippen molar-refractivity contribution in [2.75, 3.05) is 25.1 Å². The molecule has 120 valence electrons. The largest absolute Gasteiger partial charge is 0.395 e. The van der Waals surface area contributed by atoms with Gasteiger partial charge >= 0.3 is 0 Å². The van der Waals surface area contributed by atoms with Crippen LogP contribution in [-0.4, -0.2) is 35.3 Å². The van der Waals surface area contributed by atoms with E-state index in [-0.39, 0.29) is 6.61 Å². The molecular formula is C17H25N3OS. The molecule has 1 atom stereocenters. The lowest BCUT2D eigenvalue weighted by atomic mass is 9.72. The third-order valence-corrected chi connectivity index (χ3v) is 6.01. The van der Waals surface area contributed by atoms with E-state index >= 15 is 0 Å². The van der Waals surface area contributed by atoms with Gasteiger partial charge in [0, 0.05) is 18.5 Å². The van der Waals surface area contributed by atoms with E-state index in [0.717, 1.165) is 29.4 Å². The Bertz CT molecular complexity index is 674. The molecule has 5 heteroatoms. The number of aliphatic hydroxyl groups excluding tert-OH is 1. The van der Waals surface area contributed by atoms with Gasteiger partial charge in [-0.25, -0.2) is 9.97 Å². The van der Waals surface area contributed by atoms with Crippen molar-refractivity contribution >= 4 is 27.4 Å². The van der Waals surface area contributed by atoms with E-state index < -0.39 is 0 Å². The fraction of sp³-hybridized carbons (Fsp3) is 0.647. The minimum Gasteiger partial charge on any atom is -0.395 e. The van der Waals surface area contributed by atoms with E-state index in [4.69, 9.17) is 0 Å². The molecule has 0 aromatic carbocycles. The van der Waals surface area contributed by atoms with Crippen LogP contribution in [0.15, 0.2) is 6.33 Å². The van der Waals surface area contributed by atoms with E-state index in [9.17, 15) is 5.11 Å². The summed E-state index contributed by atoms with van der Waals surface area (Å²) in [4.78, 5) is 13.6. The van der Waals surface area contributed by atoms with Crippen molar-refractivity contribution in [3.8, 4) is 0 Å². The van der Waals surface area contributed by atoms with Gasteiger partial charge < -0.3 is 10.0 Å². The first-order chi connectivity index (χ1) is 10.4. The lowest BCUT2D eigenvalue weighted by molar-refractivity contribution is 0.218. The van der Waals surface area contributed by atoms with Crippen molar-refractivity contribution in [3.63, 3.8) is 0 Å². The Hall–Kier alpha value is -1.20. The molecule has 1 aliphatic carbocycles. The molecule has 0 aliphatic heterocycles. The van der Waals surface area contributed by atoms with Crippen LogP contribution in [0.3, 0.4) is 0 Å². The normalized spacial score (nSPS) is 18.5. The fourth-order valence-corrected chi connectivity index (χ4v) is 4.64. The Kier molecular flexibility index (Phi) is 4.12. The summed E-state index contributed by atoms with van der Waals surface area (Å²) in [5, 5.41) is 10.4. The predicted octanol–water partition coefficient (Wildman–Crippen LogP) is 3.27. The molecule has 0 bridgehead atoms. The summed E-state index contributed by atoms with van der Waals surface area (Å²) in [5.74, 6) is 1.70. The molecule has 0 saturated heterocycles. The van der Waals surface area contributed by atoms with Crippen LogP contribution in [0.1, 0.15) is 37.6 Å². The first kappa shape index (κ1) is 15.7. The summed E-state index contributed by atoms with van der Waals surface area (Å²) >= 11 is 1.83. The maximum absolute atomic E-state index is 9.20. The first-order valence-electron chi connectivity index (χ1n) is 7.99. The second kappa shape index (κ2) is 5.78. The summed E-state index contributed by atoms with van der Waals surface area (Å²) in [5.41, 5.74) is 1.80. The number of rotatable bonds is 3. The van der Waals surface area contributed by atoms with Crippen LogP contribution in [0.4, 0.5) is 5.82 Å². The molecule has 3 rings (SSSR count). The Balaban J connectivity index is 2.04. The number of aromatic nitrogens is 2. The lowest BCUT2D eigenvalue weighted by Crippen LogP contribution is -2.26. The number of thiophene rings is 1. The summed E-state index contributed by atoms with van der Waals surface area (Å²) in [6.07, 6.45) is 5.16. The van der Waals surface area contributed by atoms with Crippen molar-refractivity contribution in [1.29, 1.82) is 0 Å². The zero-order valence-electron chi connectivity index (χ0n) is 13.9. The SMILES string of the molecule is CN(CCO)c1ncnc2sc3c(c12)CCC(C(C)(C)C)C3. The maximum atomic E-state index is 9.20. The van der Waals surface area contributed by atoms with Crippen molar-refractivity contribution < 1.29 is 5.11 Å². The molecule has 1 aliphatic rings. The highest BCUT2D eigenvalue weighted by atomic mass is 32.1. The highest BCUT2D eigenvalue weighted by Gasteiger charge is 2.31. The number of aliphatic hydroxyl groups is 1. The van der Waals surface area contributed by atoms with E-state index in [2.05, 4.69) is 30.7 Å². The number of aryl methyl sites for hydroxylation is 1. The van der Waals surface area contributed by atoms with Gasteiger partial charge in [-0.1, -0.05) is 20.8 Å². The van der Waals surface area contributed by atoms with Crippen molar-refractivity contribution in [1.82, 2.24) is 9.97 Å². The van der Waals surface area contributed by atoms with Gasteiger partial charge in [0.2, 0.25) is 0 Å². The summed E-state index contributed by atoms with van der Waals surface area (Å²) in [7, 11) is 1.99. The highest BCUT2D eigenvalue weighted by Crippen LogP contribution is 2.44. The van der Waals surface area contributed by atoms with E-state index in [1.54, 1.807) is 6.33 Å². The van der Waals surface area contributed by atoms with Crippen LogP contribution in [0.25, 0.3) is 10.2 Å². The highest BCUT2D eigenvalue weighted by molar-refractivity contribution is 7.19. The zero-order chi connectivity index (χ0) is 15.9. The van der Waals surface area contributed by atoms with Crippen molar-refractivity contribution in [2.24, 2.45) is 11.3 Å². The fourth-order valence-electron chi connectivity index (χ4n) is 3.38. The summed E-state index contributed by atoms with van der Waals surface area (Å²) < 4.78 is 0. The molecule has 0 saturated carbocycles. The summed E-state index contributed by atoms with van der Waals surface area (Å²) in [6, 6.07) is 0. The van der Waals surface area contributed by atoms with Gasteiger partial charge in [-0.2, -0.15) is 0 Å². The molecular weight excluding hydrogens is 294 g/mol. The van der Waals surface area contributed by atoms with E-state index in [1.807, 2.05) is 23.3 Å². The van der Waals surface area contributed by atoms with Gasteiger partial charge in [-0.15, -0.1) is 11.3 Å². The molecule has 4 nitrogen and oxygen atoms in total. The Morgan fingerprint density at radius 3 is 2.82 bits per heavy atom. The van der Waals surface area contributed by atoms with Gasteiger partial charge in [0.1, 0.15) is 17.0 Å². The van der Waals surface area contributed by atoms with Crippen LogP contribution in [-0.2, 0) is 12.8 Å². The third kappa shape index (κ3) is 2.72. The second-order valence-corrected chi connectivity index (χ2v) is 8.42. The number of likely N-dealkylation sites (N-methyl/N-ethyl adjacent to an activating group) is 1. The smallest absolute Gasteiger partial charge is 0.140 e. The van der Waals surface area contributed by atoms with Crippen LogP contribution >= 0.6 is 11.3 Å². The Morgan fingerprint density at radius 1 is 1.36 bits per heavy atom. The zero-order valence-corrected chi connectivity index (χ0v) is 14.7. The number of hydrogen-bond acceptors (Lipinski definition) is 5. The molecule has 1 N–H and O–H groups in total. The molecule has 1 unspecified atom stereocenters. The monoisotopic (exact) mass is 319 g/mol. The van der Waals surface area contributed by atoms with Crippen molar-refractivity contribution in [3.05, 3.63) is 16.8 Å². The Morgan fingerprint density at radius 2 is 2.14 bits per heavy atom. The minimum absolute atomic E-state index is 0.139. The van der Waals surface area contributed by atoms with Crippen LogP contribution in [0, 0.1) is 11.3 Å². The van der Waals surface area contributed by atoms with Gasteiger partial charge in [0.15, 0.2) is 0 Å². The minimum atomic E-state index is 0.139.